The summed E-state index contributed by atoms with van der Waals surface area (Å²) in [5.74, 6) is -3.09. The third-order valence-corrected chi connectivity index (χ3v) is 1.97. The summed E-state index contributed by atoms with van der Waals surface area (Å²) in [6.07, 6.45) is -3.60. The van der Waals surface area contributed by atoms with Crippen LogP contribution in [0, 0.1) is 0 Å². The number of aliphatic hydroxyl groups is 1. The topological polar surface area (TPSA) is 69.6 Å². The first-order chi connectivity index (χ1) is 7.79. The predicted molar refractivity (Wildman–Crippen MR) is 51.0 cm³/mol. The summed E-state index contributed by atoms with van der Waals surface area (Å²) in [4.78, 5) is 8.90. The predicted octanol–water partition coefficient (Wildman–Crippen LogP) is 1.22. The fourth-order valence-corrected chi connectivity index (χ4v) is 1.11. The lowest BCUT2D eigenvalue weighted by Crippen LogP contribution is -2.23. The van der Waals surface area contributed by atoms with E-state index >= 15 is 0 Å². The number of carboxylic acid groups (broad SMARTS) is 1. The fourth-order valence-electron chi connectivity index (χ4n) is 1.11. The monoisotopic (exact) mass is 259 g/mol. The number of aliphatic hydroxyl groups excluding tert-OH is 1. The minimum atomic E-state index is -5.08. The van der Waals surface area contributed by atoms with Crippen LogP contribution in [0.2, 0.25) is 0 Å². The van der Waals surface area contributed by atoms with Gasteiger partial charge in [-0.25, -0.2) is 9.18 Å². The molecule has 1 aliphatic rings. The van der Waals surface area contributed by atoms with Crippen molar-refractivity contribution in [1.29, 1.82) is 0 Å². The number of hydrogen-bond donors (Lipinski definition) is 3. The van der Waals surface area contributed by atoms with E-state index in [9.17, 15) is 17.6 Å². The van der Waals surface area contributed by atoms with Crippen LogP contribution in [0.25, 0.3) is 0 Å². The lowest BCUT2D eigenvalue weighted by Gasteiger charge is -2.15. The maximum atomic E-state index is 12.6. The molecule has 0 aromatic carbocycles. The van der Waals surface area contributed by atoms with Gasteiger partial charge in [0.15, 0.2) is 0 Å². The van der Waals surface area contributed by atoms with Crippen LogP contribution < -0.4 is 5.32 Å². The van der Waals surface area contributed by atoms with E-state index in [1.54, 1.807) is 0 Å². The lowest BCUT2D eigenvalue weighted by molar-refractivity contribution is -0.192. The quantitative estimate of drug-likeness (QED) is 0.619. The van der Waals surface area contributed by atoms with E-state index in [4.69, 9.17) is 15.0 Å². The normalized spacial score (nSPS) is 15.9. The standard InChI is InChI=1S/C7H12FNO.C2HF3O2/c8-7(5-10)6-1-3-9-4-2-6;3-2(4,5)1(6)7/h9-10H,1-5H2;(H,6,7). The molecule has 0 atom stereocenters. The molecule has 4 nitrogen and oxygen atoms in total. The molecular weight excluding hydrogens is 246 g/mol. The molecule has 0 aromatic rings. The Morgan fingerprint density at radius 2 is 1.71 bits per heavy atom. The molecule has 0 amide bonds. The van der Waals surface area contributed by atoms with E-state index in [-0.39, 0.29) is 5.83 Å². The number of piperidine rings is 1. The molecule has 1 aliphatic heterocycles. The van der Waals surface area contributed by atoms with Gasteiger partial charge in [0.05, 0.1) is 6.61 Å². The number of aliphatic carboxylic acids is 1. The van der Waals surface area contributed by atoms with E-state index in [0.29, 0.717) is 0 Å². The number of halogens is 4. The van der Waals surface area contributed by atoms with Crippen LogP contribution in [0.4, 0.5) is 17.6 Å². The molecule has 1 heterocycles. The van der Waals surface area contributed by atoms with Gasteiger partial charge in [0, 0.05) is 0 Å². The van der Waals surface area contributed by atoms with Crippen LogP contribution in [0.15, 0.2) is 11.4 Å². The molecule has 8 heteroatoms. The number of alkyl halides is 3. The van der Waals surface area contributed by atoms with Crippen LogP contribution >= 0.6 is 0 Å². The van der Waals surface area contributed by atoms with E-state index in [0.717, 1.165) is 31.5 Å². The molecule has 0 aliphatic carbocycles. The highest BCUT2D eigenvalue weighted by Gasteiger charge is 2.38. The Morgan fingerprint density at radius 3 is 2.00 bits per heavy atom. The maximum absolute atomic E-state index is 12.6. The molecule has 1 fully saturated rings. The summed E-state index contributed by atoms with van der Waals surface area (Å²) in [6.45, 7) is 1.24. The average Bonchev–Trinajstić information content (AvgIpc) is 2.28. The van der Waals surface area contributed by atoms with Crippen molar-refractivity contribution in [2.75, 3.05) is 19.7 Å². The zero-order chi connectivity index (χ0) is 13.5. The van der Waals surface area contributed by atoms with Crippen molar-refractivity contribution in [1.82, 2.24) is 5.32 Å². The van der Waals surface area contributed by atoms with Gasteiger partial charge in [-0.1, -0.05) is 0 Å². The summed E-state index contributed by atoms with van der Waals surface area (Å²) in [5.41, 5.74) is 0.779. The zero-order valence-electron chi connectivity index (χ0n) is 8.85. The van der Waals surface area contributed by atoms with Crippen molar-refractivity contribution in [3.63, 3.8) is 0 Å². The molecule has 0 unspecified atom stereocenters. The van der Waals surface area contributed by atoms with E-state index in [1.807, 2.05) is 0 Å². The van der Waals surface area contributed by atoms with Gasteiger partial charge in [-0.15, -0.1) is 0 Å². The minimum absolute atomic E-state index is 0.332. The van der Waals surface area contributed by atoms with E-state index in [1.165, 1.54) is 0 Å². The molecule has 0 bridgehead atoms. The molecule has 0 saturated carbocycles. The van der Waals surface area contributed by atoms with Crippen LogP contribution in [0.3, 0.4) is 0 Å². The van der Waals surface area contributed by atoms with Gasteiger partial charge < -0.3 is 15.5 Å². The number of carbonyl (C=O) groups is 1. The first-order valence-corrected chi connectivity index (χ1v) is 4.77. The summed E-state index contributed by atoms with van der Waals surface area (Å²) in [7, 11) is 0. The Kier molecular flexibility index (Phi) is 6.74. The molecular formula is C9H13F4NO3. The summed E-state index contributed by atoms with van der Waals surface area (Å²) >= 11 is 0. The molecule has 100 valence electrons. The molecule has 0 aromatic heterocycles. The van der Waals surface area contributed by atoms with Gasteiger partial charge in [-0.2, -0.15) is 13.2 Å². The maximum Gasteiger partial charge on any atom is 0.490 e. The summed E-state index contributed by atoms with van der Waals surface area (Å²) in [6, 6.07) is 0. The first kappa shape index (κ1) is 15.9. The number of rotatable bonds is 1. The first-order valence-electron chi connectivity index (χ1n) is 4.77. The van der Waals surface area contributed by atoms with E-state index < -0.39 is 18.8 Å². The lowest BCUT2D eigenvalue weighted by atomic mass is 10.1. The third-order valence-electron chi connectivity index (χ3n) is 1.97. The van der Waals surface area contributed by atoms with Crippen LogP contribution in [-0.2, 0) is 4.79 Å². The highest BCUT2D eigenvalue weighted by atomic mass is 19.4. The van der Waals surface area contributed by atoms with Gasteiger partial charge in [-0.3, -0.25) is 0 Å². The minimum Gasteiger partial charge on any atom is -0.475 e. The second-order valence-electron chi connectivity index (χ2n) is 3.22. The smallest absolute Gasteiger partial charge is 0.475 e. The van der Waals surface area contributed by atoms with E-state index in [2.05, 4.69) is 5.32 Å². The Labute approximate surface area is 94.9 Å². The largest absolute Gasteiger partial charge is 0.490 e. The Bertz CT molecular complexity index is 280. The van der Waals surface area contributed by atoms with Crippen LogP contribution in [0.1, 0.15) is 12.8 Å². The van der Waals surface area contributed by atoms with Gasteiger partial charge in [-0.05, 0) is 31.5 Å². The van der Waals surface area contributed by atoms with Gasteiger partial charge in [0.25, 0.3) is 0 Å². The molecule has 17 heavy (non-hydrogen) atoms. The van der Waals surface area contributed by atoms with Gasteiger partial charge in [0.2, 0.25) is 0 Å². The number of carboxylic acids is 1. The molecule has 0 spiro atoms. The molecule has 1 saturated heterocycles. The van der Waals surface area contributed by atoms with Crippen LogP contribution in [-0.4, -0.2) is 42.1 Å². The average molecular weight is 259 g/mol. The summed E-state index contributed by atoms with van der Waals surface area (Å²) < 4.78 is 44.4. The molecule has 0 radical (unpaired) electrons. The Hall–Kier alpha value is -1.15. The second-order valence-corrected chi connectivity index (χ2v) is 3.22. The SMILES string of the molecule is O=C(O)C(F)(F)F.OCC(F)=C1CCNCC1. The highest BCUT2D eigenvalue weighted by molar-refractivity contribution is 5.73. The van der Waals surface area contributed by atoms with Crippen molar-refractivity contribution in [2.45, 2.75) is 19.0 Å². The zero-order valence-corrected chi connectivity index (χ0v) is 8.85. The fraction of sp³-hybridized carbons (Fsp3) is 0.667. The van der Waals surface area contributed by atoms with Crippen molar-refractivity contribution in [2.24, 2.45) is 0 Å². The van der Waals surface area contributed by atoms with Gasteiger partial charge in [0.1, 0.15) is 5.83 Å². The Morgan fingerprint density at radius 1 is 1.29 bits per heavy atom. The summed E-state index contributed by atoms with van der Waals surface area (Å²) in [5, 5.41) is 18.7. The van der Waals surface area contributed by atoms with Crippen LogP contribution in [0.5, 0.6) is 0 Å². The molecule has 3 N–H and O–H groups in total. The highest BCUT2D eigenvalue weighted by Crippen LogP contribution is 2.15. The van der Waals surface area contributed by atoms with Crippen molar-refractivity contribution in [3.05, 3.63) is 11.4 Å². The Balaban J connectivity index is 0.000000325. The third kappa shape index (κ3) is 6.90. The van der Waals surface area contributed by atoms with Crippen molar-refractivity contribution >= 4 is 5.97 Å². The number of hydrogen-bond acceptors (Lipinski definition) is 3. The van der Waals surface area contributed by atoms with Crippen molar-refractivity contribution < 1.29 is 32.6 Å². The van der Waals surface area contributed by atoms with Crippen molar-refractivity contribution in [3.8, 4) is 0 Å². The molecule has 1 rings (SSSR count). The van der Waals surface area contributed by atoms with Gasteiger partial charge >= 0.3 is 12.1 Å². The second kappa shape index (κ2) is 7.23. The number of nitrogens with one attached hydrogen (secondary N) is 1.